The lowest BCUT2D eigenvalue weighted by Crippen LogP contribution is -2.27. The maximum atomic E-state index is 14.4. The number of rotatable bonds is 8. The van der Waals surface area contributed by atoms with Gasteiger partial charge in [-0.3, -0.25) is 14.3 Å². The van der Waals surface area contributed by atoms with Crippen LogP contribution in [0.25, 0.3) is 28.2 Å². The Labute approximate surface area is 247 Å². The van der Waals surface area contributed by atoms with Crippen molar-refractivity contribution < 1.29 is 19.0 Å². The van der Waals surface area contributed by atoms with Crippen LogP contribution in [-0.4, -0.2) is 42.6 Å². The number of carbonyl (C=O) groups excluding carboxylic acids is 1. The van der Waals surface area contributed by atoms with Crippen molar-refractivity contribution in [2.24, 2.45) is 7.05 Å². The molecule has 43 heavy (non-hydrogen) atoms. The van der Waals surface area contributed by atoms with Crippen LogP contribution in [-0.2, 0) is 7.05 Å². The largest absolute Gasteiger partial charge is 0.490 e. The van der Waals surface area contributed by atoms with E-state index in [0.717, 1.165) is 0 Å². The zero-order valence-electron chi connectivity index (χ0n) is 24.1. The molecule has 0 spiro atoms. The number of benzene rings is 3. The Morgan fingerprint density at radius 3 is 2.44 bits per heavy atom. The standard InChI is InChI=1S/C32H31FN6O4/c1-19-27(31(41)39(38(19)4)24-8-6-5-7-9-24)30(40)36-23-12-10-20(11-13-23)28-29(34)35-17-26(37-28)21-14-22(33)16-25(15-21)43-18-32(2,3)42/h5-17,42H,18H2,1-4H3,(H2,34,35)(H,36,40). The summed E-state index contributed by atoms with van der Waals surface area (Å²) in [6.07, 6.45) is 1.44. The first kappa shape index (κ1) is 29.2. The highest BCUT2D eigenvalue weighted by Crippen LogP contribution is 2.30. The number of carbonyl (C=O) groups is 1. The smallest absolute Gasteiger partial charge is 0.284 e. The van der Waals surface area contributed by atoms with E-state index in [1.165, 1.54) is 23.0 Å². The maximum Gasteiger partial charge on any atom is 0.284 e. The van der Waals surface area contributed by atoms with Crippen LogP contribution in [0.5, 0.6) is 5.75 Å². The molecule has 4 N–H and O–H groups in total. The number of ether oxygens (including phenoxy) is 1. The molecule has 1 amide bonds. The second kappa shape index (κ2) is 11.5. The average molecular weight is 583 g/mol. The maximum absolute atomic E-state index is 14.4. The number of nitrogens with two attached hydrogens (primary N) is 1. The van der Waals surface area contributed by atoms with Gasteiger partial charge in [-0.25, -0.2) is 19.0 Å². The van der Waals surface area contributed by atoms with E-state index in [1.54, 1.807) is 75.0 Å². The van der Waals surface area contributed by atoms with Gasteiger partial charge in [-0.05, 0) is 57.2 Å². The van der Waals surface area contributed by atoms with Crippen LogP contribution in [0.1, 0.15) is 29.9 Å². The van der Waals surface area contributed by atoms with Crippen LogP contribution in [0, 0.1) is 12.7 Å². The van der Waals surface area contributed by atoms with Crippen LogP contribution in [0.3, 0.4) is 0 Å². The van der Waals surface area contributed by atoms with E-state index in [2.05, 4.69) is 15.3 Å². The molecule has 10 nitrogen and oxygen atoms in total. The van der Waals surface area contributed by atoms with Crippen molar-refractivity contribution in [3.8, 4) is 34.0 Å². The quantitative estimate of drug-likeness (QED) is 0.241. The predicted octanol–water partition coefficient (Wildman–Crippen LogP) is 4.73. The normalized spacial score (nSPS) is 11.4. The van der Waals surface area contributed by atoms with Crippen LogP contribution >= 0.6 is 0 Å². The number of para-hydroxylation sites is 1. The number of hydrogen-bond donors (Lipinski definition) is 3. The molecule has 0 aliphatic carbocycles. The molecule has 0 radical (unpaired) electrons. The Kier molecular flexibility index (Phi) is 7.83. The Morgan fingerprint density at radius 2 is 1.77 bits per heavy atom. The second-order valence-electron chi connectivity index (χ2n) is 10.7. The van der Waals surface area contributed by atoms with Gasteiger partial charge >= 0.3 is 0 Å². The van der Waals surface area contributed by atoms with Crippen molar-refractivity contribution in [2.45, 2.75) is 26.4 Å². The lowest BCUT2D eigenvalue weighted by molar-refractivity contribution is 0.0284. The zero-order chi connectivity index (χ0) is 30.9. The van der Waals surface area contributed by atoms with Gasteiger partial charge in [-0.15, -0.1) is 0 Å². The van der Waals surface area contributed by atoms with Gasteiger partial charge in [0.05, 0.1) is 28.9 Å². The summed E-state index contributed by atoms with van der Waals surface area (Å²) in [7, 11) is 1.72. The topological polar surface area (TPSA) is 137 Å². The summed E-state index contributed by atoms with van der Waals surface area (Å²) in [4.78, 5) is 35.2. The van der Waals surface area contributed by atoms with Crippen molar-refractivity contribution >= 4 is 17.4 Å². The van der Waals surface area contributed by atoms with Gasteiger partial charge in [-0.1, -0.05) is 30.3 Å². The molecule has 2 heterocycles. The zero-order valence-corrected chi connectivity index (χ0v) is 24.1. The summed E-state index contributed by atoms with van der Waals surface area (Å²) < 4.78 is 23.0. The summed E-state index contributed by atoms with van der Waals surface area (Å²) in [5.41, 5.74) is 8.06. The molecule has 0 saturated carbocycles. The first-order chi connectivity index (χ1) is 20.4. The highest BCUT2D eigenvalue weighted by Gasteiger charge is 2.22. The van der Waals surface area contributed by atoms with E-state index in [0.29, 0.717) is 39.6 Å². The van der Waals surface area contributed by atoms with Gasteiger partial charge < -0.3 is 20.9 Å². The molecule has 0 aliphatic heterocycles. The van der Waals surface area contributed by atoms with Crippen LogP contribution < -0.4 is 21.3 Å². The third kappa shape index (κ3) is 6.31. The fourth-order valence-corrected chi connectivity index (χ4v) is 4.54. The minimum atomic E-state index is -1.09. The fourth-order valence-electron chi connectivity index (χ4n) is 4.54. The van der Waals surface area contributed by atoms with Crippen LogP contribution in [0.15, 0.2) is 83.8 Å². The minimum absolute atomic E-state index is 0.0234. The number of amides is 1. The molecular weight excluding hydrogens is 551 g/mol. The molecule has 0 bridgehead atoms. The highest BCUT2D eigenvalue weighted by atomic mass is 19.1. The van der Waals surface area contributed by atoms with E-state index in [9.17, 15) is 19.1 Å². The lowest BCUT2D eigenvalue weighted by Gasteiger charge is -2.18. The Morgan fingerprint density at radius 1 is 1.07 bits per heavy atom. The number of anilines is 2. The van der Waals surface area contributed by atoms with Crippen molar-refractivity contribution in [2.75, 3.05) is 17.7 Å². The van der Waals surface area contributed by atoms with E-state index in [1.807, 2.05) is 18.2 Å². The van der Waals surface area contributed by atoms with Gasteiger partial charge in [0, 0.05) is 29.9 Å². The Balaban J connectivity index is 1.38. The summed E-state index contributed by atoms with van der Waals surface area (Å²) in [6, 6.07) is 20.0. The highest BCUT2D eigenvalue weighted by molar-refractivity contribution is 6.05. The molecule has 0 atom stereocenters. The van der Waals surface area contributed by atoms with Crippen molar-refractivity contribution in [3.63, 3.8) is 0 Å². The predicted molar refractivity (Wildman–Crippen MR) is 163 cm³/mol. The summed E-state index contributed by atoms with van der Waals surface area (Å²) in [5.74, 6) is -0.665. The van der Waals surface area contributed by atoms with E-state index in [-0.39, 0.29) is 23.7 Å². The van der Waals surface area contributed by atoms with Gasteiger partial charge in [0.2, 0.25) is 0 Å². The second-order valence-corrected chi connectivity index (χ2v) is 10.7. The lowest BCUT2D eigenvalue weighted by atomic mass is 10.1. The number of aliphatic hydroxyl groups is 1. The molecule has 0 saturated heterocycles. The van der Waals surface area contributed by atoms with E-state index >= 15 is 0 Å². The summed E-state index contributed by atoms with van der Waals surface area (Å²) in [6.45, 7) is 4.87. The number of hydrogen-bond acceptors (Lipinski definition) is 7. The number of halogens is 1. The first-order valence-corrected chi connectivity index (χ1v) is 13.5. The molecule has 5 aromatic rings. The fraction of sp³-hybridized carbons (Fsp3) is 0.188. The van der Waals surface area contributed by atoms with Gasteiger partial charge in [-0.2, -0.15) is 0 Å². The number of aromatic nitrogens is 4. The monoisotopic (exact) mass is 582 g/mol. The Hall–Kier alpha value is -5.29. The van der Waals surface area contributed by atoms with E-state index < -0.39 is 22.9 Å². The molecule has 5 rings (SSSR count). The summed E-state index contributed by atoms with van der Waals surface area (Å²) >= 11 is 0. The Bertz CT molecular complexity index is 1860. The molecular formula is C32H31FN6O4. The molecule has 0 unspecified atom stereocenters. The third-order valence-electron chi connectivity index (χ3n) is 6.76. The number of nitrogens with one attached hydrogen (secondary N) is 1. The van der Waals surface area contributed by atoms with E-state index in [4.69, 9.17) is 10.5 Å². The van der Waals surface area contributed by atoms with Crippen molar-refractivity contribution in [1.82, 2.24) is 19.3 Å². The molecule has 11 heteroatoms. The van der Waals surface area contributed by atoms with Gasteiger partial charge in [0.25, 0.3) is 11.5 Å². The molecule has 220 valence electrons. The average Bonchev–Trinajstić information content (AvgIpc) is 3.19. The first-order valence-electron chi connectivity index (χ1n) is 13.5. The molecule has 2 aromatic heterocycles. The third-order valence-corrected chi connectivity index (χ3v) is 6.76. The van der Waals surface area contributed by atoms with Crippen molar-refractivity contribution in [1.29, 1.82) is 0 Å². The SMILES string of the molecule is Cc1c(C(=O)Nc2ccc(-c3nc(-c4cc(F)cc(OCC(C)(C)O)c4)cnc3N)cc2)c(=O)n(-c2ccccc2)n1C. The molecule has 0 fully saturated rings. The number of nitrogens with zero attached hydrogens (tertiary/aromatic N) is 4. The molecule has 3 aromatic carbocycles. The summed E-state index contributed by atoms with van der Waals surface area (Å²) in [5, 5.41) is 12.7. The van der Waals surface area contributed by atoms with Crippen LogP contribution in [0.4, 0.5) is 15.9 Å². The van der Waals surface area contributed by atoms with Gasteiger partial charge in [0.15, 0.2) is 0 Å². The molecule has 0 aliphatic rings. The van der Waals surface area contributed by atoms with Crippen molar-refractivity contribution in [3.05, 3.63) is 106 Å². The number of nitrogen functional groups attached to an aromatic ring is 1. The minimum Gasteiger partial charge on any atom is -0.490 e. The van der Waals surface area contributed by atoms with Gasteiger partial charge in [0.1, 0.15) is 35.2 Å². The van der Waals surface area contributed by atoms with Crippen LogP contribution in [0.2, 0.25) is 0 Å².